The van der Waals surface area contributed by atoms with Crippen LogP contribution in [0.2, 0.25) is 0 Å². The van der Waals surface area contributed by atoms with Crippen LogP contribution in [-0.2, 0) is 0 Å². The lowest BCUT2D eigenvalue weighted by Crippen LogP contribution is -2.17. The SMILES string of the molecule is CCCCN.CCCCNC(=O)S. The minimum atomic E-state index is -0.238. The van der Waals surface area contributed by atoms with Crippen LogP contribution in [-0.4, -0.2) is 18.3 Å². The first-order valence-electron chi connectivity index (χ1n) is 4.85. The minimum absolute atomic E-state index is 0.238. The van der Waals surface area contributed by atoms with Gasteiger partial charge in [0.05, 0.1) is 0 Å². The van der Waals surface area contributed by atoms with Gasteiger partial charge in [-0.3, -0.25) is 4.79 Å². The highest BCUT2D eigenvalue weighted by Crippen LogP contribution is 1.83. The Kier molecular flexibility index (Phi) is 16.8. The van der Waals surface area contributed by atoms with Crippen LogP contribution in [0.5, 0.6) is 0 Å². The largest absolute Gasteiger partial charge is 0.347 e. The van der Waals surface area contributed by atoms with Crippen molar-refractivity contribution < 1.29 is 4.79 Å². The van der Waals surface area contributed by atoms with Gasteiger partial charge in [0, 0.05) is 6.54 Å². The Labute approximate surface area is 86.9 Å². The minimum Gasteiger partial charge on any atom is -0.347 e. The molecule has 80 valence electrons. The summed E-state index contributed by atoms with van der Waals surface area (Å²) < 4.78 is 0. The Morgan fingerprint density at radius 3 is 2.08 bits per heavy atom. The van der Waals surface area contributed by atoms with Gasteiger partial charge in [-0.2, -0.15) is 0 Å². The van der Waals surface area contributed by atoms with Gasteiger partial charge < -0.3 is 11.1 Å². The molecule has 0 aromatic carbocycles. The number of unbranched alkanes of at least 4 members (excludes halogenated alkanes) is 2. The molecule has 0 atom stereocenters. The van der Waals surface area contributed by atoms with Crippen molar-refractivity contribution in [1.82, 2.24) is 5.32 Å². The zero-order valence-electron chi connectivity index (χ0n) is 8.68. The monoisotopic (exact) mass is 206 g/mol. The fourth-order valence-corrected chi connectivity index (χ4v) is 0.688. The molecule has 3 nitrogen and oxygen atoms in total. The average molecular weight is 206 g/mol. The van der Waals surface area contributed by atoms with Gasteiger partial charge >= 0.3 is 0 Å². The first kappa shape index (κ1) is 15.3. The first-order chi connectivity index (χ1) is 6.18. The Hall–Kier alpha value is -0.220. The second-order valence-corrected chi connectivity index (χ2v) is 3.13. The standard InChI is InChI=1S/C5H11NOS.C4H11N/c1-2-3-4-6-5(7)8;1-2-3-4-5/h2-4H2,1H3,(H2,6,7,8);2-5H2,1H3. The van der Waals surface area contributed by atoms with Crippen molar-refractivity contribution in [2.45, 2.75) is 39.5 Å². The van der Waals surface area contributed by atoms with Gasteiger partial charge in [-0.05, 0) is 19.4 Å². The van der Waals surface area contributed by atoms with E-state index in [1.54, 1.807) is 0 Å². The van der Waals surface area contributed by atoms with Gasteiger partial charge in [0.2, 0.25) is 0 Å². The van der Waals surface area contributed by atoms with Crippen molar-refractivity contribution in [3.8, 4) is 0 Å². The van der Waals surface area contributed by atoms with Gasteiger partial charge in [0.15, 0.2) is 0 Å². The summed E-state index contributed by atoms with van der Waals surface area (Å²) in [6.45, 7) is 5.80. The van der Waals surface area contributed by atoms with Crippen molar-refractivity contribution in [1.29, 1.82) is 0 Å². The van der Waals surface area contributed by atoms with Crippen LogP contribution in [0.25, 0.3) is 0 Å². The maximum Gasteiger partial charge on any atom is 0.275 e. The normalized spacial score (nSPS) is 8.62. The number of rotatable bonds is 5. The van der Waals surface area contributed by atoms with E-state index in [-0.39, 0.29) is 5.24 Å². The van der Waals surface area contributed by atoms with Crippen molar-refractivity contribution in [2.75, 3.05) is 13.1 Å². The second-order valence-electron chi connectivity index (χ2n) is 2.73. The number of nitrogens with two attached hydrogens (primary N) is 1. The maximum absolute atomic E-state index is 10.1. The molecule has 0 heterocycles. The van der Waals surface area contributed by atoms with Crippen molar-refractivity contribution >= 4 is 17.9 Å². The van der Waals surface area contributed by atoms with Gasteiger partial charge in [-0.25, -0.2) is 0 Å². The molecule has 0 rings (SSSR count). The number of hydrogen-bond donors (Lipinski definition) is 3. The highest BCUT2D eigenvalue weighted by Gasteiger charge is 1.86. The molecule has 0 aromatic rings. The number of amides is 1. The fourth-order valence-electron chi connectivity index (χ4n) is 0.576. The Bertz CT molecular complexity index is 108. The predicted molar refractivity (Wildman–Crippen MR) is 61.3 cm³/mol. The van der Waals surface area contributed by atoms with Crippen LogP contribution in [0.15, 0.2) is 0 Å². The molecule has 0 aliphatic carbocycles. The van der Waals surface area contributed by atoms with E-state index in [0.717, 1.165) is 25.9 Å². The highest BCUT2D eigenvalue weighted by atomic mass is 32.1. The Morgan fingerprint density at radius 1 is 1.31 bits per heavy atom. The van der Waals surface area contributed by atoms with E-state index in [0.29, 0.717) is 0 Å². The molecule has 0 aliphatic rings. The molecule has 0 saturated carbocycles. The van der Waals surface area contributed by atoms with Gasteiger partial charge in [-0.1, -0.05) is 39.3 Å². The predicted octanol–water partition coefficient (Wildman–Crippen LogP) is 2.17. The van der Waals surface area contributed by atoms with Gasteiger partial charge in [0.25, 0.3) is 5.24 Å². The summed E-state index contributed by atoms with van der Waals surface area (Å²) in [5, 5.41) is 2.33. The van der Waals surface area contributed by atoms with Crippen molar-refractivity contribution in [2.24, 2.45) is 5.73 Å². The number of thiol groups is 1. The second kappa shape index (κ2) is 14.3. The molecule has 0 aliphatic heterocycles. The van der Waals surface area contributed by atoms with Crippen molar-refractivity contribution in [3.05, 3.63) is 0 Å². The molecular formula is C9H22N2OS. The van der Waals surface area contributed by atoms with E-state index in [2.05, 4.69) is 31.8 Å². The molecule has 0 fully saturated rings. The molecule has 13 heavy (non-hydrogen) atoms. The molecule has 0 unspecified atom stereocenters. The smallest absolute Gasteiger partial charge is 0.275 e. The lowest BCUT2D eigenvalue weighted by Gasteiger charge is -1.95. The molecule has 0 aromatic heterocycles. The molecule has 3 N–H and O–H groups in total. The fraction of sp³-hybridized carbons (Fsp3) is 0.889. The van der Waals surface area contributed by atoms with Crippen LogP contribution in [0.1, 0.15) is 39.5 Å². The zero-order chi connectivity index (χ0) is 10.5. The van der Waals surface area contributed by atoms with Crippen LogP contribution < -0.4 is 11.1 Å². The number of nitrogens with one attached hydrogen (secondary N) is 1. The first-order valence-corrected chi connectivity index (χ1v) is 5.30. The zero-order valence-corrected chi connectivity index (χ0v) is 9.57. The highest BCUT2D eigenvalue weighted by molar-refractivity contribution is 7.96. The van der Waals surface area contributed by atoms with E-state index in [4.69, 9.17) is 5.73 Å². The Balaban J connectivity index is 0. The van der Waals surface area contributed by atoms with Crippen LogP contribution in [0.4, 0.5) is 4.79 Å². The average Bonchev–Trinajstić information content (AvgIpc) is 2.07. The molecule has 0 spiro atoms. The molecule has 0 radical (unpaired) electrons. The third-order valence-electron chi connectivity index (χ3n) is 1.36. The molecule has 0 bridgehead atoms. The molecule has 0 saturated heterocycles. The summed E-state index contributed by atoms with van der Waals surface area (Å²) >= 11 is 3.52. The third-order valence-corrected chi connectivity index (χ3v) is 1.52. The lowest BCUT2D eigenvalue weighted by molar-refractivity contribution is 0.261. The number of hydrogen-bond acceptors (Lipinski definition) is 2. The summed E-state index contributed by atoms with van der Waals surface area (Å²) in [6, 6.07) is 0. The summed E-state index contributed by atoms with van der Waals surface area (Å²) in [4.78, 5) is 10.1. The lowest BCUT2D eigenvalue weighted by atomic mass is 10.3. The topological polar surface area (TPSA) is 55.1 Å². The summed E-state index contributed by atoms with van der Waals surface area (Å²) in [6.07, 6.45) is 4.52. The van der Waals surface area contributed by atoms with E-state index in [9.17, 15) is 4.79 Å². The van der Waals surface area contributed by atoms with Crippen LogP contribution >= 0.6 is 12.6 Å². The van der Waals surface area contributed by atoms with E-state index >= 15 is 0 Å². The summed E-state index contributed by atoms with van der Waals surface area (Å²) in [7, 11) is 0. The van der Waals surface area contributed by atoms with Crippen LogP contribution in [0, 0.1) is 0 Å². The van der Waals surface area contributed by atoms with E-state index < -0.39 is 0 Å². The molecule has 1 amide bonds. The quantitative estimate of drug-likeness (QED) is 0.477. The Morgan fingerprint density at radius 2 is 1.85 bits per heavy atom. The third kappa shape index (κ3) is 24.5. The van der Waals surface area contributed by atoms with Gasteiger partial charge in [-0.15, -0.1) is 0 Å². The van der Waals surface area contributed by atoms with E-state index in [1.165, 1.54) is 12.8 Å². The van der Waals surface area contributed by atoms with Crippen LogP contribution in [0.3, 0.4) is 0 Å². The number of carbonyl (C=O) groups excluding carboxylic acids is 1. The number of carbonyl (C=O) groups is 1. The van der Waals surface area contributed by atoms with Gasteiger partial charge in [0.1, 0.15) is 0 Å². The summed E-state index contributed by atoms with van der Waals surface area (Å²) in [5.74, 6) is 0. The maximum atomic E-state index is 10.1. The van der Waals surface area contributed by atoms with E-state index in [1.807, 2.05) is 0 Å². The molecule has 4 heteroatoms. The summed E-state index contributed by atoms with van der Waals surface area (Å²) in [5.41, 5.74) is 5.14. The molecular weight excluding hydrogens is 184 g/mol. The van der Waals surface area contributed by atoms with Crippen molar-refractivity contribution in [3.63, 3.8) is 0 Å².